The van der Waals surface area contributed by atoms with Crippen LogP contribution >= 0.6 is 43.5 Å². The lowest BCUT2D eigenvalue weighted by Crippen LogP contribution is -2.01. The van der Waals surface area contributed by atoms with Gasteiger partial charge in [-0.3, -0.25) is 39.9 Å². The van der Waals surface area contributed by atoms with Gasteiger partial charge in [-0.25, -0.2) is 19.9 Å². The van der Waals surface area contributed by atoms with Crippen molar-refractivity contribution in [3.05, 3.63) is 105 Å². The number of hydrogen-bond acceptors (Lipinski definition) is 16. The maximum atomic E-state index is 11.1. The van der Waals surface area contributed by atoms with Crippen molar-refractivity contribution in [1.29, 1.82) is 0 Å². The summed E-state index contributed by atoms with van der Waals surface area (Å²) in [6.45, 7) is 2.74. The second kappa shape index (κ2) is 20.1. The van der Waals surface area contributed by atoms with Crippen molar-refractivity contribution in [2.45, 2.75) is 13.8 Å². The smallest absolute Gasteiger partial charge is 0.288 e. The summed E-state index contributed by atoms with van der Waals surface area (Å²) in [7, 11) is 4.25. The summed E-state index contributed by atoms with van der Waals surface area (Å²) in [4.78, 5) is 66.0. The number of aromatic nitrogens is 4. The Hall–Kier alpha value is -5.41. The predicted molar refractivity (Wildman–Crippen MR) is 181 cm³/mol. The second-order valence-corrected chi connectivity index (χ2v) is 10.7. The number of carbonyl (C=O) groups is 2. The lowest BCUT2D eigenvalue weighted by molar-refractivity contribution is -0.385. The minimum atomic E-state index is -0.612. The molecule has 0 bridgehead atoms. The van der Waals surface area contributed by atoms with Crippen LogP contribution in [0.1, 0.15) is 34.6 Å². The van der Waals surface area contributed by atoms with Crippen molar-refractivity contribution in [1.82, 2.24) is 19.9 Å². The van der Waals surface area contributed by atoms with Crippen molar-refractivity contribution in [3.63, 3.8) is 0 Å². The topological polar surface area (TPSA) is 269 Å². The summed E-state index contributed by atoms with van der Waals surface area (Å²) in [5.41, 5.74) is 6.06. The normalized spacial score (nSPS) is 9.55. The quantitative estimate of drug-likeness (QED) is 0.0890. The number of anilines is 1. The molecule has 0 spiro atoms. The van der Waals surface area contributed by atoms with Gasteiger partial charge in [-0.1, -0.05) is 11.6 Å². The average Bonchev–Trinajstić information content (AvgIpc) is 3.06. The Labute approximate surface area is 298 Å². The van der Waals surface area contributed by atoms with Gasteiger partial charge in [0.25, 0.3) is 17.1 Å². The monoisotopic (exact) mass is 830 g/mol. The number of nitrogen functional groups attached to an aromatic ring is 1. The molecule has 4 aromatic heterocycles. The number of halogens is 3. The Balaban J connectivity index is 0.000000328. The van der Waals surface area contributed by atoms with Gasteiger partial charge in [0.05, 0.1) is 68.1 Å². The average molecular weight is 833 g/mol. The third-order valence-corrected chi connectivity index (χ3v) is 6.96. The highest BCUT2D eigenvalue weighted by molar-refractivity contribution is 9.10. The number of rotatable bonds is 8. The minimum Gasteiger partial charge on any atom is -0.480 e. The van der Waals surface area contributed by atoms with Gasteiger partial charge in [0.1, 0.15) is 23.7 Å². The van der Waals surface area contributed by atoms with Gasteiger partial charge < -0.3 is 19.9 Å². The van der Waals surface area contributed by atoms with Crippen molar-refractivity contribution in [3.8, 4) is 17.6 Å². The number of ether oxygens (including phenoxy) is 3. The Morgan fingerprint density at radius 1 is 0.653 bits per heavy atom. The maximum absolute atomic E-state index is 11.1. The fraction of sp³-hybridized carbons (Fsp3) is 0.185. The molecule has 0 aromatic carbocycles. The molecule has 0 amide bonds. The molecule has 4 aromatic rings. The highest BCUT2D eigenvalue weighted by Gasteiger charge is 2.16. The van der Waals surface area contributed by atoms with Crippen molar-refractivity contribution < 1.29 is 38.6 Å². The molecule has 0 radical (unpaired) electrons. The van der Waals surface area contributed by atoms with Crippen LogP contribution in [0, 0.1) is 30.3 Å². The number of hydrogen-bond donors (Lipinski definition) is 1. The van der Waals surface area contributed by atoms with Gasteiger partial charge in [0.15, 0.2) is 11.6 Å². The first-order valence-electron chi connectivity index (χ1n) is 12.8. The largest absolute Gasteiger partial charge is 0.480 e. The Morgan fingerprint density at radius 3 is 1.41 bits per heavy atom. The van der Waals surface area contributed by atoms with Crippen LogP contribution in [0.2, 0.25) is 5.15 Å². The molecule has 22 heteroatoms. The zero-order chi connectivity index (χ0) is 37.4. The number of nitrogens with two attached hydrogens (primary N) is 1. The van der Waals surface area contributed by atoms with E-state index in [1.54, 1.807) is 6.07 Å². The minimum absolute atomic E-state index is 0.0670. The lowest BCUT2D eigenvalue weighted by atomic mass is 10.2. The van der Waals surface area contributed by atoms with Crippen LogP contribution in [0.3, 0.4) is 0 Å². The van der Waals surface area contributed by atoms with Gasteiger partial charge in [-0.15, -0.1) is 0 Å². The Kier molecular flexibility index (Phi) is 17.0. The van der Waals surface area contributed by atoms with Crippen LogP contribution in [0.5, 0.6) is 17.6 Å². The number of Topliss-reactive ketones (excluding diaryl/α,β-unsaturated/α-hetero) is 2. The van der Waals surface area contributed by atoms with Gasteiger partial charge in [-0.05, 0) is 51.8 Å². The third-order valence-electron chi connectivity index (χ3n) is 5.25. The van der Waals surface area contributed by atoms with Crippen LogP contribution in [0.25, 0.3) is 0 Å². The molecule has 19 nitrogen and oxygen atoms in total. The molecule has 2 N–H and O–H groups in total. The highest BCUT2D eigenvalue weighted by atomic mass is 79.9. The zero-order valence-electron chi connectivity index (χ0n) is 26.0. The highest BCUT2D eigenvalue weighted by Crippen LogP contribution is 2.26. The Bertz CT molecular complexity index is 1850. The maximum Gasteiger partial charge on any atom is 0.288 e. The van der Waals surface area contributed by atoms with Crippen LogP contribution in [0.15, 0.2) is 58.0 Å². The van der Waals surface area contributed by atoms with E-state index < -0.39 is 14.8 Å². The van der Waals surface area contributed by atoms with Crippen molar-refractivity contribution in [2.24, 2.45) is 0 Å². The summed E-state index contributed by atoms with van der Waals surface area (Å²) in [5.74, 6) is 0.324. The SMILES string of the molecule is COc1ncc(N)cc1C(C)=O.COc1ncc([N+](=O)[O-])cc1Br.COc1ncc([N+](=O)[O-])cc1C(C)=O.O=[N+]([O-])c1cnc(Cl)c(Br)c1. The van der Waals surface area contributed by atoms with E-state index in [1.807, 2.05) is 0 Å². The van der Waals surface area contributed by atoms with Crippen molar-refractivity contribution >= 4 is 77.8 Å². The first-order valence-corrected chi connectivity index (χ1v) is 14.7. The Morgan fingerprint density at radius 2 is 1.02 bits per heavy atom. The van der Waals surface area contributed by atoms with E-state index in [2.05, 4.69) is 51.8 Å². The molecular weight excluding hydrogens is 808 g/mol. The standard InChI is InChI=1S/C8H8N2O4.C8H10N2O2.C6H5BrN2O3.C5H2BrClN2O2/c1-5(11)7-3-6(10(12)13)4-9-8(7)14-2;1-5(11)7-3-6(9)4-10-8(7)12-2;1-12-6-5(7)2-4(3-8-6)9(10)11;6-4-1-3(9(10)11)2-8-5(4)7/h3-4H,1-2H3;3-4H,9H2,1-2H3;2-3H,1H3;1-2H. The van der Waals surface area contributed by atoms with Gasteiger partial charge in [-0.2, -0.15) is 0 Å². The molecule has 0 aliphatic heterocycles. The zero-order valence-corrected chi connectivity index (χ0v) is 29.9. The molecule has 0 aliphatic carbocycles. The first-order chi connectivity index (χ1) is 23.0. The summed E-state index contributed by atoms with van der Waals surface area (Å²) in [6, 6.07) is 5.34. The molecule has 0 atom stereocenters. The number of carbonyl (C=O) groups excluding carboxylic acids is 2. The number of pyridine rings is 4. The molecular formula is C27H25Br2ClN8O11. The van der Waals surface area contributed by atoms with Crippen molar-refractivity contribution in [2.75, 3.05) is 27.1 Å². The first kappa shape index (κ1) is 41.6. The van der Waals surface area contributed by atoms with Gasteiger partial charge in [0, 0.05) is 18.2 Å². The molecule has 0 unspecified atom stereocenters. The fourth-order valence-corrected chi connectivity index (χ4v) is 3.95. The fourth-order valence-electron chi connectivity index (χ4n) is 3.02. The molecule has 4 heterocycles. The molecule has 0 saturated carbocycles. The molecule has 260 valence electrons. The van der Waals surface area contributed by atoms with E-state index in [-0.39, 0.29) is 45.2 Å². The number of nitro groups is 3. The van der Waals surface area contributed by atoms with E-state index in [0.717, 1.165) is 24.7 Å². The predicted octanol–water partition coefficient (Wildman–Crippen LogP) is 6.24. The molecule has 0 aliphatic rings. The summed E-state index contributed by atoms with van der Waals surface area (Å²) in [6.07, 6.45) is 4.74. The van der Waals surface area contributed by atoms with E-state index in [9.17, 15) is 39.9 Å². The van der Waals surface area contributed by atoms with Gasteiger partial charge >= 0.3 is 0 Å². The molecule has 0 saturated heterocycles. The van der Waals surface area contributed by atoms with E-state index in [4.69, 9.17) is 31.5 Å². The van der Waals surface area contributed by atoms with Crippen LogP contribution < -0.4 is 19.9 Å². The number of methoxy groups -OCH3 is 3. The number of nitrogens with zero attached hydrogens (tertiary/aromatic N) is 7. The third kappa shape index (κ3) is 13.3. The van der Waals surface area contributed by atoms with Gasteiger partial charge in [0.2, 0.25) is 17.6 Å². The van der Waals surface area contributed by atoms with Crippen LogP contribution in [-0.4, -0.2) is 67.6 Å². The molecule has 49 heavy (non-hydrogen) atoms. The summed E-state index contributed by atoms with van der Waals surface area (Å²) < 4.78 is 15.4. The van der Waals surface area contributed by atoms with E-state index in [0.29, 0.717) is 32.0 Å². The van der Waals surface area contributed by atoms with Crippen LogP contribution in [0.4, 0.5) is 22.7 Å². The summed E-state index contributed by atoms with van der Waals surface area (Å²) >= 11 is 11.6. The second-order valence-electron chi connectivity index (χ2n) is 8.61. The van der Waals surface area contributed by atoms with E-state index in [1.165, 1.54) is 53.5 Å². The lowest BCUT2D eigenvalue weighted by Gasteiger charge is -2.03. The van der Waals surface area contributed by atoms with E-state index >= 15 is 0 Å². The molecule has 0 fully saturated rings. The molecule has 4 rings (SSSR count). The van der Waals surface area contributed by atoms with Crippen LogP contribution in [-0.2, 0) is 0 Å². The number of ketones is 2. The summed E-state index contributed by atoms with van der Waals surface area (Å²) in [5, 5.41) is 31.0.